The van der Waals surface area contributed by atoms with Crippen LogP contribution < -0.4 is 4.74 Å². The van der Waals surface area contributed by atoms with Crippen LogP contribution in [0.25, 0.3) is 0 Å². The summed E-state index contributed by atoms with van der Waals surface area (Å²) in [5, 5.41) is 0. The highest BCUT2D eigenvalue weighted by molar-refractivity contribution is 14.1. The van der Waals surface area contributed by atoms with E-state index in [2.05, 4.69) is 35.2 Å². The van der Waals surface area contributed by atoms with Crippen molar-refractivity contribution < 1.29 is 4.74 Å². The lowest BCUT2D eigenvalue weighted by molar-refractivity contribution is 0.414. The third kappa shape index (κ3) is 2.72. The molecule has 0 bridgehead atoms. The van der Waals surface area contributed by atoms with Gasteiger partial charge >= 0.3 is 0 Å². The zero-order valence-electron chi connectivity index (χ0n) is 7.80. The molecule has 0 N–H and O–H groups in total. The van der Waals surface area contributed by atoms with E-state index in [4.69, 9.17) is 4.74 Å². The first-order chi connectivity index (χ1) is 6.17. The van der Waals surface area contributed by atoms with Gasteiger partial charge in [0.1, 0.15) is 5.75 Å². The summed E-state index contributed by atoms with van der Waals surface area (Å²) in [7, 11) is 1.68. The second kappa shape index (κ2) is 4.65. The Morgan fingerprint density at radius 3 is 2.69 bits per heavy atom. The second-order valence-corrected chi connectivity index (χ2v) is 4.01. The Morgan fingerprint density at radius 1 is 1.46 bits per heavy atom. The standard InChI is InChI=1S/C11H12IO/c1-4-8(2)9-5-10(12)7-11(6-9)13-3/h4-7H,1H2,2-3H3. The third-order valence-electron chi connectivity index (χ3n) is 1.87. The van der Waals surface area contributed by atoms with E-state index in [0.29, 0.717) is 0 Å². The summed E-state index contributed by atoms with van der Waals surface area (Å²) in [5.74, 6) is 2.06. The Kier molecular flexibility index (Phi) is 3.78. The van der Waals surface area contributed by atoms with Gasteiger partial charge in [-0.2, -0.15) is 0 Å². The molecule has 1 rings (SSSR count). The average Bonchev–Trinajstić information content (AvgIpc) is 2.15. The van der Waals surface area contributed by atoms with Gasteiger partial charge in [-0.05, 0) is 46.4 Å². The van der Waals surface area contributed by atoms with Crippen molar-refractivity contribution in [3.63, 3.8) is 0 Å². The molecule has 0 atom stereocenters. The third-order valence-corrected chi connectivity index (χ3v) is 2.49. The van der Waals surface area contributed by atoms with E-state index in [1.807, 2.05) is 25.1 Å². The van der Waals surface area contributed by atoms with E-state index >= 15 is 0 Å². The number of hydrogen-bond donors (Lipinski definition) is 0. The van der Waals surface area contributed by atoms with Crippen LogP contribution in [-0.4, -0.2) is 7.11 Å². The van der Waals surface area contributed by atoms with Gasteiger partial charge in [0.15, 0.2) is 0 Å². The molecule has 0 spiro atoms. The smallest absolute Gasteiger partial charge is 0.120 e. The zero-order valence-corrected chi connectivity index (χ0v) is 9.96. The van der Waals surface area contributed by atoms with Crippen molar-refractivity contribution in [3.05, 3.63) is 45.9 Å². The Balaban J connectivity index is 3.07. The first-order valence-electron chi connectivity index (χ1n) is 3.98. The predicted octanol–water partition coefficient (Wildman–Crippen LogP) is 3.43. The van der Waals surface area contributed by atoms with Crippen LogP contribution in [0.4, 0.5) is 0 Å². The summed E-state index contributed by atoms with van der Waals surface area (Å²) >= 11 is 2.28. The van der Waals surface area contributed by atoms with Crippen LogP contribution in [0, 0.1) is 9.49 Å². The maximum atomic E-state index is 5.18. The van der Waals surface area contributed by atoms with Crippen molar-refractivity contribution in [2.45, 2.75) is 6.92 Å². The van der Waals surface area contributed by atoms with E-state index in [-0.39, 0.29) is 0 Å². The molecule has 1 nitrogen and oxygen atoms in total. The fourth-order valence-corrected chi connectivity index (χ4v) is 1.67. The van der Waals surface area contributed by atoms with Crippen LogP contribution in [0.3, 0.4) is 0 Å². The molecule has 1 radical (unpaired) electrons. The molecule has 1 aromatic rings. The molecule has 0 unspecified atom stereocenters. The minimum Gasteiger partial charge on any atom is -0.497 e. The summed E-state index contributed by atoms with van der Waals surface area (Å²) in [6.45, 7) is 5.78. The van der Waals surface area contributed by atoms with Crippen molar-refractivity contribution in [1.82, 2.24) is 0 Å². The summed E-state index contributed by atoms with van der Waals surface area (Å²) in [6, 6.07) is 6.12. The molecule has 13 heavy (non-hydrogen) atoms. The summed E-state index contributed by atoms with van der Waals surface area (Å²) in [4.78, 5) is 0. The van der Waals surface area contributed by atoms with E-state index in [1.165, 1.54) is 9.13 Å². The van der Waals surface area contributed by atoms with Crippen molar-refractivity contribution in [2.75, 3.05) is 7.11 Å². The van der Waals surface area contributed by atoms with Gasteiger partial charge in [-0.15, -0.1) is 6.58 Å². The molecule has 0 aromatic heterocycles. The van der Waals surface area contributed by atoms with Crippen LogP contribution in [-0.2, 0) is 0 Å². The molecule has 0 saturated heterocycles. The number of methoxy groups -OCH3 is 1. The van der Waals surface area contributed by atoms with E-state index < -0.39 is 0 Å². The average molecular weight is 287 g/mol. The molecule has 2 heteroatoms. The predicted molar refractivity (Wildman–Crippen MR) is 63.9 cm³/mol. The molecule has 0 amide bonds. The normalized spacial score (nSPS) is 10.2. The molecule has 0 aliphatic heterocycles. The van der Waals surface area contributed by atoms with Crippen molar-refractivity contribution in [3.8, 4) is 5.75 Å². The monoisotopic (exact) mass is 287 g/mol. The summed E-state index contributed by atoms with van der Waals surface area (Å²) < 4.78 is 6.35. The second-order valence-electron chi connectivity index (χ2n) is 2.77. The van der Waals surface area contributed by atoms with Gasteiger partial charge in [0.05, 0.1) is 7.11 Å². The lowest BCUT2D eigenvalue weighted by Gasteiger charge is -2.08. The van der Waals surface area contributed by atoms with Gasteiger partial charge in [0, 0.05) is 9.49 Å². The molecule has 1 aromatic carbocycles. The minimum atomic E-state index is 0.892. The fourth-order valence-electron chi connectivity index (χ4n) is 1.03. The van der Waals surface area contributed by atoms with Crippen LogP contribution in [0.1, 0.15) is 12.5 Å². The molecule has 69 valence electrons. The van der Waals surface area contributed by atoms with Gasteiger partial charge < -0.3 is 4.74 Å². The number of benzene rings is 1. The van der Waals surface area contributed by atoms with Gasteiger partial charge in [-0.3, -0.25) is 0 Å². The fraction of sp³-hybridized carbons (Fsp3) is 0.182. The first-order valence-corrected chi connectivity index (χ1v) is 5.06. The van der Waals surface area contributed by atoms with Crippen LogP contribution in [0.15, 0.2) is 30.9 Å². The summed E-state index contributed by atoms with van der Waals surface area (Å²) in [5.41, 5.74) is 1.17. The minimum absolute atomic E-state index is 0.892. The molecule has 0 heterocycles. The Hall–Kier alpha value is -0.510. The van der Waals surface area contributed by atoms with Crippen molar-refractivity contribution >= 4 is 22.6 Å². The van der Waals surface area contributed by atoms with Crippen LogP contribution in [0.2, 0.25) is 0 Å². The van der Waals surface area contributed by atoms with Gasteiger partial charge in [-0.25, -0.2) is 0 Å². The highest BCUT2D eigenvalue weighted by atomic mass is 127. The van der Waals surface area contributed by atoms with E-state index in [1.54, 1.807) is 7.11 Å². The van der Waals surface area contributed by atoms with Gasteiger partial charge in [0.25, 0.3) is 0 Å². The summed E-state index contributed by atoms with van der Waals surface area (Å²) in [6.07, 6.45) is 1.85. The van der Waals surface area contributed by atoms with E-state index in [9.17, 15) is 0 Å². The molecule has 0 fully saturated rings. The lowest BCUT2D eigenvalue weighted by atomic mass is 10.0. The van der Waals surface area contributed by atoms with E-state index in [0.717, 1.165) is 11.7 Å². The Bertz CT molecular complexity index is 307. The number of allylic oxidation sites excluding steroid dienone is 1. The highest BCUT2D eigenvalue weighted by Crippen LogP contribution is 2.23. The number of halogens is 1. The molecule has 0 aliphatic rings. The maximum Gasteiger partial charge on any atom is 0.120 e. The SMILES string of the molecule is C=C[C](C)c1cc(I)cc(OC)c1. The lowest BCUT2D eigenvalue weighted by Crippen LogP contribution is -1.92. The maximum absolute atomic E-state index is 5.18. The first kappa shape index (κ1) is 10.6. The highest BCUT2D eigenvalue weighted by Gasteiger charge is 2.04. The molecular formula is C11H12IO. The Labute approximate surface area is 92.9 Å². The van der Waals surface area contributed by atoms with Gasteiger partial charge in [0.2, 0.25) is 0 Å². The van der Waals surface area contributed by atoms with Crippen molar-refractivity contribution in [2.24, 2.45) is 0 Å². The number of hydrogen-bond acceptors (Lipinski definition) is 1. The van der Waals surface area contributed by atoms with Crippen molar-refractivity contribution in [1.29, 1.82) is 0 Å². The Morgan fingerprint density at radius 2 is 2.15 bits per heavy atom. The zero-order chi connectivity index (χ0) is 9.84. The topological polar surface area (TPSA) is 9.23 Å². The number of ether oxygens (including phenoxy) is 1. The molecular weight excluding hydrogens is 275 g/mol. The quantitative estimate of drug-likeness (QED) is 0.774. The molecule has 0 aliphatic carbocycles. The van der Waals surface area contributed by atoms with Crippen LogP contribution >= 0.6 is 22.6 Å². The van der Waals surface area contributed by atoms with Crippen LogP contribution in [0.5, 0.6) is 5.75 Å². The largest absolute Gasteiger partial charge is 0.497 e. The van der Waals surface area contributed by atoms with Gasteiger partial charge in [-0.1, -0.05) is 13.0 Å². The number of rotatable bonds is 3. The molecule has 0 saturated carbocycles.